The summed E-state index contributed by atoms with van der Waals surface area (Å²) < 4.78 is 0. The van der Waals surface area contributed by atoms with Gasteiger partial charge in [-0.3, -0.25) is 4.79 Å². The molecule has 8 nitrogen and oxygen atoms in total. The summed E-state index contributed by atoms with van der Waals surface area (Å²) in [6.45, 7) is 1.17. The molecule has 1 amide bonds. The molecule has 0 aromatic rings. The molecule has 4 N–H and O–H groups in total. The molecule has 0 aliphatic carbocycles. The van der Waals surface area contributed by atoms with Crippen LogP contribution in [0.3, 0.4) is 0 Å². The number of carbonyl (C=O) groups excluding carboxylic acids is 1. The summed E-state index contributed by atoms with van der Waals surface area (Å²) in [6, 6.07) is 0. The van der Waals surface area contributed by atoms with Crippen molar-refractivity contribution in [3.63, 3.8) is 0 Å². The van der Waals surface area contributed by atoms with Crippen LogP contribution in [0.5, 0.6) is 0 Å². The minimum absolute atomic E-state index is 1.17. The van der Waals surface area contributed by atoms with Gasteiger partial charge >= 0.3 is 0 Å². The molecule has 0 aromatic carbocycles. The normalized spacial score (nSPS) is 18.9. The zero-order chi connectivity index (χ0) is 11.3. The van der Waals surface area contributed by atoms with Crippen molar-refractivity contribution in [1.82, 2.24) is 0 Å². The highest BCUT2D eigenvalue weighted by Gasteiger charge is 2.31. The molecular weight excluding hydrogens is 194 g/mol. The number of hydrogen-bond acceptors (Lipinski definition) is 5. The lowest BCUT2D eigenvalue weighted by Gasteiger charge is -2.22. The van der Waals surface area contributed by atoms with Gasteiger partial charge in [0.1, 0.15) is 18.3 Å². The molecule has 0 aliphatic rings. The summed E-state index contributed by atoms with van der Waals surface area (Å²) in [5.41, 5.74) is 7.85. The fraction of sp³-hybridized carbons (Fsp3) is 0.833. The van der Waals surface area contributed by atoms with E-state index in [1.165, 1.54) is 6.92 Å². The van der Waals surface area contributed by atoms with Gasteiger partial charge in [0.25, 0.3) is 0 Å². The summed E-state index contributed by atoms with van der Waals surface area (Å²) >= 11 is 0. The topological polar surface area (TPSA) is 147 Å². The average molecular weight is 205 g/mol. The second-order valence-electron chi connectivity index (χ2n) is 2.69. The smallest absolute Gasteiger partial charge is 0.250 e. The lowest BCUT2D eigenvalue weighted by atomic mass is 10.0. The molecule has 0 heterocycles. The fourth-order valence-corrected chi connectivity index (χ4v) is 0.721. The van der Waals surface area contributed by atoms with Gasteiger partial charge < -0.3 is 20.4 Å². The number of rotatable bonds is 4. The molecule has 8 heteroatoms. The average Bonchev–Trinajstić information content (AvgIpc) is 2.14. The number of carbonyl (C=O) groups is 1. The van der Waals surface area contributed by atoms with Crippen molar-refractivity contribution in [2.75, 3.05) is 0 Å². The van der Waals surface area contributed by atoms with E-state index in [1.807, 2.05) is 0 Å². The Morgan fingerprint density at radius 3 is 2.14 bits per heavy atom. The van der Waals surface area contributed by atoms with Crippen LogP contribution in [0.1, 0.15) is 6.92 Å². The van der Waals surface area contributed by atoms with Gasteiger partial charge in [0, 0.05) is 4.91 Å². The van der Waals surface area contributed by atoms with Crippen LogP contribution in [0.25, 0.3) is 10.4 Å². The van der Waals surface area contributed by atoms with Crippen LogP contribution in [0.2, 0.25) is 0 Å². The van der Waals surface area contributed by atoms with Crippen molar-refractivity contribution in [2.45, 2.75) is 31.3 Å². The van der Waals surface area contributed by atoms with Crippen molar-refractivity contribution >= 4 is 5.91 Å². The molecule has 14 heavy (non-hydrogen) atoms. The Hall–Kier alpha value is -1.18. The van der Waals surface area contributed by atoms with E-state index in [9.17, 15) is 4.79 Å². The van der Waals surface area contributed by atoms with E-state index < -0.39 is 30.3 Å². The highest BCUT2D eigenvalue weighted by Crippen LogP contribution is 2.06. The Kier molecular flexibility index (Phi) is 5.06. The second kappa shape index (κ2) is 5.53. The van der Waals surface area contributed by atoms with Gasteiger partial charge in [-0.15, -0.1) is 0 Å². The molecule has 0 unspecified atom stereocenters. The first-order valence-corrected chi connectivity index (χ1v) is 3.73. The van der Waals surface area contributed by atoms with E-state index in [-0.39, 0.29) is 0 Å². The summed E-state index contributed by atoms with van der Waals surface area (Å²) in [4.78, 5) is 12.8. The van der Waals surface area contributed by atoms with Gasteiger partial charge in [-0.1, -0.05) is 0 Å². The van der Waals surface area contributed by atoms with Gasteiger partial charge in [0.05, 0.1) is 6.10 Å². The van der Waals surface area contributed by atoms with E-state index in [1.54, 1.807) is 0 Å². The number of hydrogen-bond donors (Lipinski definition) is 4. The van der Waals surface area contributed by atoms with Gasteiger partial charge in [0.15, 0.2) is 0 Å². The van der Waals surface area contributed by atoms with Crippen LogP contribution in [0.4, 0.5) is 0 Å². The van der Waals surface area contributed by atoms with Crippen LogP contribution < -0.4 is 0 Å². The predicted octanol–water partition coefficient (Wildman–Crippen LogP) is -1.71. The SMILES string of the molecule is C[C@H](O)[C@H](O)[C@@H](O)[C@@H](O)C(=O)N=[N+]=[N-]. The number of nitrogens with zero attached hydrogens (tertiary/aromatic N) is 3. The second-order valence-corrected chi connectivity index (χ2v) is 2.69. The van der Waals surface area contributed by atoms with Crippen LogP contribution in [-0.2, 0) is 4.79 Å². The summed E-state index contributed by atoms with van der Waals surface area (Å²) in [5, 5.41) is 38.5. The summed E-state index contributed by atoms with van der Waals surface area (Å²) in [7, 11) is 0. The van der Waals surface area contributed by atoms with Crippen molar-refractivity contribution in [1.29, 1.82) is 0 Å². The standard InChI is InChI=1S/C6H11N3O5/c1-2(10)3(11)4(12)5(13)6(14)8-9-7/h2-5,10-13H,1H3/t2-,3-,4+,5+/m0/s1. The molecule has 0 spiro atoms. The molecule has 0 saturated heterocycles. The molecule has 4 atom stereocenters. The zero-order valence-electron chi connectivity index (χ0n) is 7.35. The third kappa shape index (κ3) is 3.29. The van der Waals surface area contributed by atoms with E-state index >= 15 is 0 Å². The maximum atomic E-state index is 10.7. The molecule has 0 bridgehead atoms. The lowest BCUT2D eigenvalue weighted by molar-refractivity contribution is -0.142. The molecule has 0 aromatic heterocycles. The van der Waals surface area contributed by atoms with Crippen LogP contribution in [0, 0.1) is 0 Å². The molecule has 0 saturated carbocycles. The molecule has 0 radical (unpaired) electrons. The largest absolute Gasteiger partial charge is 0.391 e. The monoisotopic (exact) mass is 205 g/mol. The van der Waals surface area contributed by atoms with E-state index in [0.29, 0.717) is 0 Å². The first-order valence-electron chi connectivity index (χ1n) is 3.73. The number of amides is 1. The van der Waals surface area contributed by atoms with Gasteiger partial charge in [-0.2, -0.15) is 0 Å². The van der Waals surface area contributed by atoms with Crippen LogP contribution in [0.15, 0.2) is 5.11 Å². The maximum absolute atomic E-state index is 10.7. The summed E-state index contributed by atoms with van der Waals surface area (Å²) in [6.07, 6.45) is -6.95. The van der Waals surface area contributed by atoms with Crippen LogP contribution >= 0.6 is 0 Å². The lowest BCUT2D eigenvalue weighted by Crippen LogP contribution is -2.46. The molecule has 0 aliphatic heterocycles. The van der Waals surface area contributed by atoms with E-state index in [4.69, 9.17) is 26.0 Å². The Morgan fingerprint density at radius 2 is 1.79 bits per heavy atom. The summed E-state index contributed by atoms with van der Waals surface area (Å²) in [5.74, 6) is -1.32. The van der Waals surface area contributed by atoms with Gasteiger partial charge in [0.2, 0.25) is 5.91 Å². The Bertz CT molecular complexity index is 250. The van der Waals surface area contributed by atoms with E-state index in [0.717, 1.165) is 0 Å². The molecular formula is C6H11N3O5. The number of aliphatic hydroxyl groups is 4. The fourth-order valence-electron chi connectivity index (χ4n) is 0.721. The number of aliphatic hydroxyl groups excluding tert-OH is 4. The van der Waals surface area contributed by atoms with Crippen molar-refractivity contribution in [3.05, 3.63) is 10.4 Å². The quantitative estimate of drug-likeness (QED) is 0.245. The van der Waals surface area contributed by atoms with Crippen LogP contribution in [-0.4, -0.2) is 50.7 Å². The van der Waals surface area contributed by atoms with Gasteiger partial charge in [-0.25, -0.2) is 0 Å². The first kappa shape index (κ1) is 12.8. The third-order valence-electron chi connectivity index (χ3n) is 1.56. The Balaban J connectivity index is 4.45. The third-order valence-corrected chi connectivity index (χ3v) is 1.56. The molecule has 80 valence electrons. The Labute approximate surface area is 79.0 Å². The maximum Gasteiger partial charge on any atom is 0.250 e. The molecule has 0 rings (SSSR count). The molecule has 0 fully saturated rings. The minimum Gasteiger partial charge on any atom is -0.391 e. The highest BCUT2D eigenvalue weighted by molar-refractivity contribution is 5.81. The first-order chi connectivity index (χ1) is 6.41. The van der Waals surface area contributed by atoms with Crippen molar-refractivity contribution in [3.8, 4) is 0 Å². The van der Waals surface area contributed by atoms with Gasteiger partial charge in [-0.05, 0) is 17.6 Å². The van der Waals surface area contributed by atoms with Crippen molar-refractivity contribution in [2.24, 2.45) is 5.11 Å². The van der Waals surface area contributed by atoms with E-state index in [2.05, 4.69) is 10.0 Å². The Morgan fingerprint density at radius 1 is 1.29 bits per heavy atom. The zero-order valence-corrected chi connectivity index (χ0v) is 7.35. The number of azide groups is 1. The van der Waals surface area contributed by atoms with Crippen molar-refractivity contribution < 1.29 is 25.2 Å². The highest BCUT2D eigenvalue weighted by atomic mass is 16.4. The minimum atomic E-state index is -2.05. The predicted molar refractivity (Wildman–Crippen MR) is 43.9 cm³/mol.